The van der Waals surface area contributed by atoms with E-state index in [0.29, 0.717) is 6.61 Å². The highest BCUT2D eigenvalue weighted by Gasteiger charge is 2.29. The topological polar surface area (TPSA) is 44.1 Å². The van der Waals surface area contributed by atoms with Crippen LogP contribution < -0.4 is 0 Å². The molecule has 0 aliphatic carbocycles. The Morgan fingerprint density at radius 2 is 2.62 bits per heavy atom. The first kappa shape index (κ1) is 8.44. The van der Waals surface area contributed by atoms with Crippen molar-refractivity contribution >= 4 is 6.29 Å². The van der Waals surface area contributed by atoms with Gasteiger partial charge in [-0.15, -0.1) is 0 Å². The third-order valence-electron chi connectivity index (χ3n) is 2.37. The predicted octanol–water partition coefficient (Wildman–Crippen LogP) is 0.697. The zero-order valence-electron chi connectivity index (χ0n) is 7.51. The van der Waals surface area contributed by atoms with Gasteiger partial charge in [-0.1, -0.05) is 0 Å². The number of ether oxygens (including phenoxy) is 1. The Labute approximate surface area is 76.5 Å². The molecule has 0 unspecified atom stereocenters. The molecule has 2 rings (SSSR count). The van der Waals surface area contributed by atoms with Crippen LogP contribution in [-0.2, 0) is 16.6 Å². The fourth-order valence-corrected chi connectivity index (χ4v) is 1.68. The molecule has 4 nitrogen and oxygen atoms in total. The maximum absolute atomic E-state index is 10.7. The molecule has 0 radical (unpaired) electrons. The summed E-state index contributed by atoms with van der Waals surface area (Å²) < 4.78 is 7.19. The second-order valence-electron chi connectivity index (χ2n) is 3.33. The highest BCUT2D eigenvalue weighted by molar-refractivity contribution is 5.55. The van der Waals surface area contributed by atoms with E-state index in [9.17, 15) is 4.79 Å². The number of aldehydes is 1. The predicted molar refractivity (Wildman–Crippen MR) is 46.1 cm³/mol. The van der Waals surface area contributed by atoms with Gasteiger partial charge in [-0.05, 0) is 6.42 Å². The molecule has 0 spiro atoms. The van der Waals surface area contributed by atoms with Crippen molar-refractivity contribution in [1.82, 2.24) is 9.78 Å². The summed E-state index contributed by atoms with van der Waals surface area (Å²) in [5.74, 6) is 0.00389. The van der Waals surface area contributed by atoms with Crippen LogP contribution in [0.4, 0.5) is 0 Å². The Bertz CT molecular complexity index is 308. The van der Waals surface area contributed by atoms with E-state index < -0.39 is 0 Å². The molecule has 0 N–H and O–H groups in total. The third kappa shape index (κ3) is 1.49. The smallest absolute Gasteiger partial charge is 0.126 e. The van der Waals surface area contributed by atoms with E-state index in [4.69, 9.17) is 4.74 Å². The van der Waals surface area contributed by atoms with E-state index in [2.05, 4.69) is 5.10 Å². The summed E-state index contributed by atoms with van der Waals surface area (Å²) in [4.78, 5) is 10.7. The minimum atomic E-state index is -0.0776. The monoisotopic (exact) mass is 180 g/mol. The number of nitrogens with zero attached hydrogens (tertiary/aromatic N) is 2. The van der Waals surface area contributed by atoms with Crippen molar-refractivity contribution in [2.45, 2.75) is 12.5 Å². The molecule has 0 saturated carbocycles. The summed E-state index contributed by atoms with van der Waals surface area (Å²) in [6.07, 6.45) is 5.37. The van der Waals surface area contributed by atoms with E-state index in [0.717, 1.165) is 18.3 Å². The zero-order chi connectivity index (χ0) is 9.26. The largest absolute Gasteiger partial charge is 0.373 e. The molecular weight excluding hydrogens is 168 g/mol. The molecular formula is C9H12N2O2. The van der Waals surface area contributed by atoms with Crippen LogP contribution in [0.15, 0.2) is 12.4 Å². The second-order valence-corrected chi connectivity index (χ2v) is 3.33. The Hall–Kier alpha value is -1.16. The Morgan fingerprint density at radius 1 is 1.77 bits per heavy atom. The zero-order valence-corrected chi connectivity index (χ0v) is 7.51. The summed E-state index contributed by atoms with van der Waals surface area (Å²) >= 11 is 0. The summed E-state index contributed by atoms with van der Waals surface area (Å²) in [6.45, 7) is 0.670. The van der Waals surface area contributed by atoms with E-state index in [1.807, 2.05) is 13.2 Å². The number of rotatable bonds is 2. The highest BCUT2D eigenvalue weighted by Crippen LogP contribution is 2.32. The van der Waals surface area contributed by atoms with Crippen LogP contribution in [0, 0.1) is 5.92 Å². The molecule has 4 heteroatoms. The number of hydrogen-bond acceptors (Lipinski definition) is 3. The fraction of sp³-hybridized carbons (Fsp3) is 0.556. The van der Waals surface area contributed by atoms with Crippen LogP contribution in [0.1, 0.15) is 18.1 Å². The van der Waals surface area contributed by atoms with Gasteiger partial charge in [-0.25, -0.2) is 0 Å². The Kier molecular flexibility index (Phi) is 2.14. The molecule has 0 amide bonds. The minimum Gasteiger partial charge on any atom is -0.373 e. The van der Waals surface area contributed by atoms with Gasteiger partial charge in [0.15, 0.2) is 0 Å². The van der Waals surface area contributed by atoms with Crippen molar-refractivity contribution in [1.29, 1.82) is 0 Å². The maximum Gasteiger partial charge on any atom is 0.126 e. The first-order valence-corrected chi connectivity index (χ1v) is 4.36. The third-order valence-corrected chi connectivity index (χ3v) is 2.37. The van der Waals surface area contributed by atoms with Crippen LogP contribution in [0.3, 0.4) is 0 Å². The Balaban J connectivity index is 2.20. The van der Waals surface area contributed by atoms with Gasteiger partial charge in [0, 0.05) is 31.3 Å². The lowest BCUT2D eigenvalue weighted by Gasteiger charge is -2.10. The molecule has 0 bridgehead atoms. The van der Waals surface area contributed by atoms with E-state index in [1.54, 1.807) is 10.9 Å². The van der Waals surface area contributed by atoms with Crippen LogP contribution in [-0.4, -0.2) is 22.7 Å². The molecule has 2 atom stereocenters. The average Bonchev–Trinajstić information content (AvgIpc) is 2.71. The van der Waals surface area contributed by atoms with Crippen molar-refractivity contribution in [2.24, 2.45) is 13.0 Å². The quantitative estimate of drug-likeness (QED) is 0.629. The van der Waals surface area contributed by atoms with Crippen molar-refractivity contribution in [2.75, 3.05) is 6.61 Å². The lowest BCUT2D eigenvalue weighted by Crippen LogP contribution is -2.07. The standard InChI is InChI=1S/C9H12N2O2/c1-11-5-8(4-10-11)9-7(6-12)2-3-13-9/h4-7,9H,2-3H2,1H3/t7-,9+/m0/s1. The molecule has 1 aromatic heterocycles. The Morgan fingerprint density at radius 3 is 3.23 bits per heavy atom. The van der Waals surface area contributed by atoms with E-state index in [-0.39, 0.29) is 12.0 Å². The fourth-order valence-electron chi connectivity index (χ4n) is 1.68. The van der Waals surface area contributed by atoms with Gasteiger partial charge in [0.1, 0.15) is 6.29 Å². The molecule has 1 aromatic rings. The normalized spacial score (nSPS) is 27.8. The number of carbonyl (C=O) groups excluding carboxylic acids is 1. The lowest BCUT2D eigenvalue weighted by molar-refractivity contribution is -0.112. The lowest BCUT2D eigenvalue weighted by atomic mass is 9.99. The number of carbonyl (C=O) groups is 1. The number of hydrogen-bond donors (Lipinski definition) is 0. The second kappa shape index (κ2) is 3.30. The van der Waals surface area contributed by atoms with Gasteiger partial charge in [0.2, 0.25) is 0 Å². The molecule has 0 aromatic carbocycles. The highest BCUT2D eigenvalue weighted by atomic mass is 16.5. The summed E-state index contributed by atoms with van der Waals surface area (Å²) in [6, 6.07) is 0. The molecule has 70 valence electrons. The van der Waals surface area contributed by atoms with Crippen LogP contribution in [0.2, 0.25) is 0 Å². The molecule has 13 heavy (non-hydrogen) atoms. The van der Waals surface area contributed by atoms with E-state index >= 15 is 0 Å². The van der Waals surface area contributed by atoms with Crippen molar-refractivity contribution in [3.8, 4) is 0 Å². The van der Waals surface area contributed by atoms with Crippen LogP contribution >= 0.6 is 0 Å². The van der Waals surface area contributed by atoms with Gasteiger partial charge < -0.3 is 9.53 Å². The molecule has 1 fully saturated rings. The van der Waals surface area contributed by atoms with E-state index in [1.165, 1.54) is 0 Å². The van der Waals surface area contributed by atoms with Crippen LogP contribution in [0.5, 0.6) is 0 Å². The maximum atomic E-state index is 10.7. The first-order valence-electron chi connectivity index (χ1n) is 4.36. The molecule has 2 heterocycles. The SMILES string of the molecule is Cn1cc([C@@H]2OCC[C@H]2C=O)cn1. The van der Waals surface area contributed by atoms with Gasteiger partial charge in [-0.3, -0.25) is 4.68 Å². The molecule has 1 saturated heterocycles. The first-order chi connectivity index (χ1) is 6.31. The van der Waals surface area contributed by atoms with Crippen LogP contribution in [0.25, 0.3) is 0 Å². The van der Waals surface area contributed by atoms with Crippen molar-refractivity contribution in [3.05, 3.63) is 18.0 Å². The number of aryl methyl sites for hydroxylation is 1. The average molecular weight is 180 g/mol. The summed E-state index contributed by atoms with van der Waals surface area (Å²) in [5.41, 5.74) is 0.997. The number of aromatic nitrogens is 2. The van der Waals surface area contributed by atoms with Gasteiger partial charge in [0.05, 0.1) is 12.3 Å². The summed E-state index contributed by atoms with van der Waals surface area (Å²) in [5, 5.41) is 4.05. The summed E-state index contributed by atoms with van der Waals surface area (Å²) in [7, 11) is 1.86. The van der Waals surface area contributed by atoms with Gasteiger partial charge in [0.25, 0.3) is 0 Å². The van der Waals surface area contributed by atoms with Gasteiger partial charge >= 0.3 is 0 Å². The van der Waals surface area contributed by atoms with Crippen molar-refractivity contribution in [3.63, 3.8) is 0 Å². The molecule has 1 aliphatic rings. The molecule has 1 aliphatic heterocycles. The van der Waals surface area contributed by atoms with Crippen molar-refractivity contribution < 1.29 is 9.53 Å². The minimum absolute atomic E-state index is 0.00389. The van der Waals surface area contributed by atoms with Gasteiger partial charge in [-0.2, -0.15) is 5.10 Å².